The Kier molecular flexibility index (Phi) is 6.37. The maximum atomic E-state index is 11.6. The number of carbonyl (C=O) groups is 2. The number of aryl methyl sites for hydroxylation is 1. The number of carboxylic acid groups (broad SMARTS) is 1. The summed E-state index contributed by atoms with van der Waals surface area (Å²) in [6.07, 6.45) is -0.228. The van der Waals surface area contributed by atoms with E-state index in [0.717, 1.165) is 11.3 Å². The molecule has 0 saturated heterocycles. The van der Waals surface area contributed by atoms with Crippen LogP contribution in [0.3, 0.4) is 0 Å². The summed E-state index contributed by atoms with van der Waals surface area (Å²) >= 11 is 1.03. The maximum absolute atomic E-state index is 11.6. The van der Waals surface area contributed by atoms with Gasteiger partial charge in [-0.3, -0.25) is 4.79 Å². The van der Waals surface area contributed by atoms with Crippen LogP contribution in [0.25, 0.3) is 0 Å². The van der Waals surface area contributed by atoms with Crippen LogP contribution in [0.15, 0.2) is 5.38 Å². The molecule has 118 valence electrons. The van der Waals surface area contributed by atoms with Crippen LogP contribution in [-0.2, 0) is 26.2 Å². The molecule has 9 nitrogen and oxygen atoms in total. The summed E-state index contributed by atoms with van der Waals surface area (Å²) in [4.78, 5) is 25.4. The zero-order valence-electron chi connectivity index (χ0n) is 11.2. The number of anilines is 1. The van der Waals surface area contributed by atoms with Gasteiger partial charge in [-0.2, -0.15) is 8.42 Å². The summed E-state index contributed by atoms with van der Waals surface area (Å²) in [7, 11) is -4.10. The van der Waals surface area contributed by atoms with Crippen molar-refractivity contribution in [1.82, 2.24) is 9.71 Å². The molecule has 0 atom stereocenters. The fourth-order valence-electron chi connectivity index (χ4n) is 1.30. The van der Waals surface area contributed by atoms with Gasteiger partial charge in [0.05, 0.1) is 12.3 Å². The van der Waals surface area contributed by atoms with Crippen LogP contribution >= 0.6 is 11.3 Å². The Labute approximate surface area is 125 Å². The molecule has 0 aliphatic rings. The van der Waals surface area contributed by atoms with Crippen LogP contribution in [-0.4, -0.2) is 37.2 Å². The Morgan fingerprint density at radius 1 is 1.48 bits per heavy atom. The largest absolute Gasteiger partial charge is 0.481 e. The number of amides is 1. The molecule has 0 aromatic carbocycles. The van der Waals surface area contributed by atoms with Gasteiger partial charge in [0.15, 0.2) is 5.13 Å². The minimum atomic E-state index is -4.10. The van der Waals surface area contributed by atoms with Gasteiger partial charge in [0, 0.05) is 11.8 Å². The number of nitrogens with zero attached hydrogens (tertiary/aromatic N) is 1. The lowest BCUT2D eigenvalue weighted by atomic mass is 10.2. The van der Waals surface area contributed by atoms with Gasteiger partial charge in [0.1, 0.15) is 0 Å². The minimum absolute atomic E-state index is 0.0169. The highest BCUT2D eigenvalue weighted by Crippen LogP contribution is 2.17. The Balaban J connectivity index is 2.53. The molecule has 0 spiro atoms. The number of rotatable bonds is 8. The van der Waals surface area contributed by atoms with Crippen LogP contribution in [0.2, 0.25) is 0 Å². The van der Waals surface area contributed by atoms with E-state index < -0.39 is 22.3 Å². The molecule has 21 heavy (non-hydrogen) atoms. The first-order valence-electron chi connectivity index (χ1n) is 5.96. The van der Waals surface area contributed by atoms with E-state index in [0.29, 0.717) is 18.5 Å². The van der Waals surface area contributed by atoms with Crippen LogP contribution in [0.5, 0.6) is 0 Å². The highest BCUT2D eigenvalue weighted by Gasteiger charge is 2.16. The first-order chi connectivity index (χ1) is 9.82. The van der Waals surface area contributed by atoms with Gasteiger partial charge in [0.2, 0.25) is 0 Å². The lowest BCUT2D eigenvalue weighted by Gasteiger charge is -2.06. The fraction of sp³-hybridized carbons (Fsp3) is 0.500. The van der Waals surface area contributed by atoms with Crippen molar-refractivity contribution in [3.8, 4) is 0 Å². The predicted octanol–water partition coefficient (Wildman–Crippen LogP) is 0.953. The Hall–Kier alpha value is -1.88. The third kappa shape index (κ3) is 6.90. The number of aliphatic carboxylic acids is 1. The van der Waals surface area contributed by atoms with Crippen LogP contribution < -0.4 is 9.44 Å². The molecule has 0 bridgehead atoms. The molecule has 0 fully saturated rings. The van der Waals surface area contributed by atoms with Crippen LogP contribution in [0.4, 0.5) is 9.93 Å². The van der Waals surface area contributed by atoms with E-state index in [4.69, 9.17) is 5.11 Å². The zero-order chi connectivity index (χ0) is 15.9. The number of hydrogen-bond donors (Lipinski definition) is 3. The second-order valence-electron chi connectivity index (χ2n) is 3.82. The van der Waals surface area contributed by atoms with E-state index in [2.05, 4.69) is 14.4 Å². The minimum Gasteiger partial charge on any atom is -0.481 e. The van der Waals surface area contributed by atoms with E-state index in [1.165, 1.54) is 0 Å². The van der Waals surface area contributed by atoms with E-state index >= 15 is 0 Å². The van der Waals surface area contributed by atoms with E-state index in [9.17, 15) is 18.0 Å². The number of ether oxygens (including phenoxy) is 1. The van der Waals surface area contributed by atoms with Crippen molar-refractivity contribution in [3.63, 3.8) is 0 Å². The molecule has 0 aliphatic heterocycles. The second-order valence-corrected chi connectivity index (χ2v) is 6.09. The van der Waals surface area contributed by atoms with Crippen molar-refractivity contribution in [2.24, 2.45) is 0 Å². The summed E-state index contributed by atoms with van der Waals surface area (Å²) in [5.41, 5.74) is 0.579. The summed E-state index contributed by atoms with van der Waals surface area (Å²) in [5, 5.41) is 10.2. The monoisotopic (exact) mass is 337 g/mol. The SMILES string of the molecule is CCOC(=O)NS(=O)(=O)Nc1nc(CCCC(=O)O)cs1. The molecular formula is C10H15N3O6S2. The van der Waals surface area contributed by atoms with Gasteiger partial charge in [0.25, 0.3) is 0 Å². The molecule has 1 aromatic rings. The average molecular weight is 337 g/mol. The predicted molar refractivity (Wildman–Crippen MR) is 75.4 cm³/mol. The Morgan fingerprint density at radius 2 is 2.19 bits per heavy atom. The van der Waals surface area contributed by atoms with Gasteiger partial charge in [-0.1, -0.05) is 0 Å². The topological polar surface area (TPSA) is 135 Å². The van der Waals surface area contributed by atoms with E-state index in [1.54, 1.807) is 17.0 Å². The fourth-order valence-corrected chi connectivity index (χ4v) is 3.01. The summed E-state index contributed by atoms with van der Waals surface area (Å²) in [5.74, 6) is -0.898. The number of aromatic nitrogens is 1. The summed E-state index contributed by atoms with van der Waals surface area (Å²) < 4.78 is 31.3. The van der Waals surface area contributed by atoms with Gasteiger partial charge >= 0.3 is 22.3 Å². The number of hydrogen-bond acceptors (Lipinski definition) is 7. The third-order valence-corrected chi connectivity index (χ3v) is 3.92. The lowest BCUT2D eigenvalue weighted by Crippen LogP contribution is -2.35. The zero-order valence-corrected chi connectivity index (χ0v) is 12.8. The molecule has 0 saturated carbocycles. The molecular weight excluding hydrogens is 322 g/mol. The number of nitrogens with one attached hydrogen (secondary N) is 2. The Morgan fingerprint density at radius 3 is 2.81 bits per heavy atom. The molecule has 1 aromatic heterocycles. The number of carboxylic acids is 1. The van der Waals surface area contributed by atoms with Crippen molar-refractivity contribution in [1.29, 1.82) is 0 Å². The first-order valence-corrected chi connectivity index (χ1v) is 8.32. The average Bonchev–Trinajstić information content (AvgIpc) is 2.74. The van der Waals surface area contributed by atoms with E-state index in [-0.39, 0.29) is 18.2 Å². The molecule has 0 unspecified atom stereocenters. The van der Waals surface area contributed by atoms with Crippen molar-refractivity contribution < 1.29 is 27.9 Å². The molecule has 1 amide bonds. The van der Waals surface area contributed by atoms with Crippen molar-refractivity contribution in [2.75, 3.05) is 11.3 Å². The van der Waals surface area contributed by atoms with Crippen molar-refractivity contribution in [2.45, 2.75) is 26.2 Å². The molecule has 11 heteroatoms. The van der Waals surface area contributed by atoms with Gasteiger partial charge in [-0.05, 0) is 19.8 Å². The molecule has 1 heterocycles. The molecule has 0 aliphatic carbocycles. The van der Waals surface area contributed by atoms with Gasteiger partial charge in [-0.15, -0.1) is 11.3 Å². The van der Waals surface area contributed by atoms with Crippen molar-refractivity contribution >= 4 is 38.7 Å². The maximum Gasteiger partial charge on any atom is 0.422 e. The summed E-state index contributed by atoms with van der Waals surface area (Å²) in [6, 6.07) is 0. The summed E-state index contributed by atoms with van der Waals surface area (Å²) in [6.45, 7) is 1.59. The molecule has 0 radical (unpaired) electrons. The lowest BCUT2D eigenvalue weighted by molar-refractivity contribution is -0.137. The second kappa shape index (κ2) is 7.78. The van der Waals surface area contributed by atoms with Crippen molar-refractivity contribution in [3.05, 3.63) is 11.1 Å². The van der Waals surface area contributed by atoms with Gasteiger partial charge in [-0.25, -0.2) is 19.2 Å². The highest BCUT2D eigenvalue weighted by molar-refractivity contribution is 7.91. The first kappa shape index (κ1) is 17.2. The quantitative estimate of drug-likeness (QED) is 0.643. The van der Waals surface area contributed by atoms with E-state index in [1.807, 2.05) is 0 Å². The standard InChI is InChI=1S/C10H15N3O6S2/c1-2-19-10(16)13-21(17,18)12-9-11-7(6-20-9)4-3-5-8(14)15/h6H,2-5H2,1H3,(H,11,12)(H,13,16)(H,14,15). The molecule has 1 rings (SSSR count). The highest BCUT2D eigenvalue weighted by atomic mass is 32.2. The normalized spacial score (nSPS) is 10.9. The smallest absolute Gasteiger partial charge is 0.422 e. The number of thiazole rings is 1. The third-order valence-electron chi connectivity index (χ3n) is 2.09. The molecule has 3 N–H and O–H groups in total. The van der Waals surface area contributed by atoms with Gasteiger partial charge < -0.3 is 9.84 Å². The Bertz CT molecular complexity index is 598. The van der Waals surface area contributed by atoms with Crippen LogP contribution in [0.1, 0.15) is 25.5 Å². The van der Waals surface area contributed by atoms with Crippen LogP contribution in [0, 0.1) is 0 Å². The number of carbonyl (C=O) groups excluding carboxylic acids is 1.